The average Bonchev–Trinajstić information content (AvgIpc) is 2.27. The van der Waals surface area contributed by atoms with Crippen LogP contribution in [0.15, 0.2) is 10.2 Å². The van der Waals surface area contributed by atoms with Gasteiger partial charge in [0.05, 0.1) is 5.69 Å². The Balaban J connectivity index is 2.97. The summed E-state index contributed by atoms with van der Waals surface area (Å²) in [5.41, 5.74) is -0.598. The third-order valence-electron chi connectivity index (χ3n) is 2.32. The van der Waals surface area contributed by atoms with Crippen molar-refractivity contribution in [1.82, 2.24) is 9.97 Å². The zero-order valence-electron chi connectivity index (χ0n) is 9.62. The normalized spacial score (nSPS) is 22.4. The summed E-state index contributed by atoms with van der Waals surface area (Å²) in [6.07, 6.45) is 0. The van der Waals surface area contributed by atoms with Gasteiger partial charge < -0.3 is 4.55 Å². The number of hydrogen-bond donors (Lipinski definition) is 1. The lowest BCUT2D eigenvalue weighted by molar-refractivity contribution is 0.554. The Bertz CT molecular complexity index is 1070. The van der Waals surface area contributed by atoms with Gasteiger partial charge in [0.15, 0.2) is 13.9 Å². The van der Waals surface area contributed by atoms with Crippen LogP contribution in [0.4, 0.5) is 0 Å². The molecule has 0 aromatic carbocycles. The molecule has 0 saturated carbocycles. The maximum absolute atomic E-state index is 11.8. The maximum Gasteiger partial charge on any atom is 0.317 e. The quantitative estimate of drug-likeness (QED) is 0.272. The number of aromatic nitrogens is 2. The molecular weight excluding hydrogens is 392 g/mol. The molecule has 1 aliphatic rings. The van der Waals surface area contributed by atoms with E-state index in [4.69, 9.17) is 16.2 Å². The fourth-order valence-corrected chi connectivity index (χ4v) is 6.97. The van der Waals surface area contributed by atoms with E-state index in [-0.39, 0.29) is 0 Å². The van der Waals surface area contributed by atoms with Crippen LogP contribution in [0.5, 0.6) is 0 Å². The van der Waals surface area contributed by atoms with Crippen molar-refractivity contribution in [3.05, 3.63) is 10.7 Å². The average molecular weight is 397 g/mol. The second-order valence-electron chi connectivity index (χ2n) is 3.76. The van der Waals surface area contributed by atoms with Gasteiger partial charge >= 0.3 is 8.87 Å². The first-order valence-corrected chi connectivity index (χ1v) is 12.3. The Morgan fingerprint density at radius 3 is 2.14 bits per heavy atom. The Morgan fingerprint density at radius 1 is 1.14 bits per heavy atom. The Morgan fingerprint density at radius 2 is 1.67 bits per heavy atom. The number of fused-ring (bicyclic) bond motifs is 2. The minimum atomic E-state index is -5.09. The van der Waals surface area contributed by atoms with Gasteiger partial charge in [-0.15, -0.1) is 0 Å². The summed E-state index contributed by atoms with van der Waals surface area (Å²) < 4.78 is 90.2. The van der Waals surface area contributed by atoms with Gasteiger partial charge in [0.1, 0.15) is 10.8 Å². The second-order valence-corrected chi connectivity index (χ2v) is 15.0. The second kappa shape index (κ2) is 4.36. The highest BCUT2D eigenvalue weighted by Crippen LogP contribution is 2.33. The lowest BCUT2D eigenvalue weighted by atomic mass is 10.4. The van der Waals surface area contributed by atoms with Crippen molar-refractivity contribution in [2.75, 3.05) is 0 Å². The number of nitrogens with zero attached hydrogens (tertiary/aromatic N) is 2. The highest BCUT2D eigenvalue weighted by molar-refractivity contribution is 8.68. The number of halogens is 1. The lowest BCUT2D eigenvalue weighted by Gasteiger charge is -2.15. The summed E-state index contributed by atoms with van der Waals surface area (Å²) in [5.74, 6) is 1.37. The fraction of sp³-hybridized carbons (Fsp3) is 0.167. The van der Waals surface area contributed by atoms with E-state index in [1.54, 1.807) is 0 Å². The smallest absolute Gasteiger partial charge is 0.302 e. The summed E-state index contributed by atoms with van der Waals surface area (Å²) >= 11 is 5.60. The van der Waals surface area contributed by atoms with E-state index in [1.165, 1.54) is 0 Å². The van der Waals surface area contributed by atoms with Gasteiger partial charge in [0.25, 0.3) is 22.9 Å². The largest absolute Gasteiger partial charge is 0.317 e. The molecule has 15 heteroatoms. The molecule has 0 saturated heterocycles. The molecule has 0 fully saturated rings. The molecule has 1 unspecified atom stereocenters. The van der Waals surface area contributed by atoms with E-state index in [0.717, 1.165) is 0 Å². The molecule has 1 aromatic rings. The SMILES string of the molecule is C=S(=O)(O)S(=O)(=O)c1nc2nc(c1Cl)CS(=O)(=O)S2(=O)=O. The molecule has 1 N–H and O–H groups in total. The van der Waals surface area contributed by atoms with E-state index in [0.29, 0.717) is 0 Å². The third-order valence-corrected chi connectivity index (χ3v) is 11.5. The summed E-state index contributed by atoms with van der Waals surface area (Å²) in [7, 11) is -19.5. The number of rotatable bonds is 2. The third kappa shape index (κ3) is 2.25. The van der Waals surface area contributed by atoms with Crippen LogP contribution in [0.25, 0.3) is 0 Å². The Hall–Kier alpha value is -0.800. The number of hydrogen-bond acceptors (Lipinski definition) is 9. The van der Waals surface area contributed by atoms with Gasteiger partial charge in [0, 0.05) is 0 Å². The van der Waals surface area contributed by atoms with Crippen LogP contribution in [-0.2, 0) is 41.2 Å². The van der Waals surface area contributed by atoms with Gasteiger partial charge in [-0.05, 0) is 5.87 Å². The van der Waals surface area contributed by atoms with Crippen molar-refractivity contribution in [3.8, 4) is 0 Å². The molecule has 1 aromatic heterocycles. The fourth-order valence-electron chi connectivity index (χ4n) is 1.30. The monoisotopic (exact) mass is 396 g/mol. The molecule has 2 bridgehead atoms. The molecule has 0 spiro atoms. The van der Waals surface area contributed by atoms with Crippen LogP contribution >= 0.6 is 11.6 Å². The minimum Gasteiger partial charge on any atom is -0.302 e. The van der Waals surface area contributed by atoms with Gasteiger partial charge in [-0.3, -0.25) is 0 Å². The van der Waals surface area contributed by atoms with Gasteiger partial charge in [-0.1, -0.05) is 11.6 Å². The highest BCUT2D eigenvalue weighted by Gasteiger charge is 2.44. The molecule has 1 atom stereocenters. The topological polar surface area (TPSA) is 165 Å². The van der Waals surface area contributed by atoms with Gasteiger partial charge in [0.2, 0.25) is 0 Å². The van der Waals surface area contributed by atoms with Crippen LogP contribution < -0.4 is 0 Å². The summed E-state index contributed by atoms with van der Waals surface area (Å²) in [5, 5.41) is -3.43. The first-order chi connectivity index (χ1) is 9.22. The molecule has 10 nitrogen and oxygen atoms in total. The van der Waals surface area contributed by atoms with Crippen molar-refractivity contribution in [2.45, 2.75) is 15.9 Å². The van der Waals surface area contributed by atoms with E-state index in [9.17, 15) is 29.5 Å². The molecule has 1 aliphatic heterocycles. The summed E-state index contributed by atoms with van der Waals surface area (Å²) in [6, 6.07) is 0. The summed E-state index contributed by atoms with van der Waals surface area (Å²) in [4.78, 5) is 6.33. The van der Waals surface area contributed by atoms with Crippen LogP contribution in [0.3, 0.4) is 0 Å². The summed E-state index contributed by atoms with van der Waals surface area (Å²) in [6.45, 7) is 0. The van der Waals surface area contributed by atoms with E-state index < -0.39 is 62.1 Å². The van der Waals surface area contributed by atoms with E-state index >= 15 is 0 Å². The van der Waals surface area contributed by atoms with Crippen molar-refractivity contribution < 1.29 is 34.0 Å². The van der Waals surface area contributed by atoms with Crippen molar-refractivity contribution in [1.29, 1.82) is 0 Å². The first-order valence-electron chi connectivity index (χ1n) is 4.61. The minimum absolute atomic E-state index is 0.598. The van der Waals surface area contributed by atoms with Crippen molar-refractivity contribution >= 4 is 52.9 Å². The zero-order chi connectivity index (χ0) is 16.4. The van der Waals surface area contributed by atoms with Gasteiger partial charge in [-0.2, -0.15) is 0 Å². The van der Waals surface area contributed by atoms with Gasteiger partial charge in [-0.25, -0.2) is 39.4 Å². The highest BCUT2D eigenvalue weighted by atomic mass is 35.5. The van der Waals surface area contributed by atoms with Crippen LogP contribution in [0.2, 0.25) is 5.02 Å². The van der Waals surface area contributed by atoms with Crippen LogP contribution in [0, 0.1) is 0 Å². The van der Waals surface area contributed by atoms with E-state index in [2.05, 4.69) is 15.8 Å². The Labute approximate surface area is 123 Å². The Kier molecular flexibility index (Phi) is 3.44. The molecular formula is C6H5ClN2O8S4. The molecule has 0 amide bonds. The predicted octanol–water partition coefficient (Wildman–Crippen LogP) is -1.37. The molecule has 0 radical (unpaired) electrons. The zero-order valence-corrected chi connectivity index (χ0v) is 13.6. The lowest BCUT2D eigenvalue weighted by Crippen LogP contribution is -2.28. The molecule has 21 heavy (non-hydrogen) atoms. The first kappa shape index (κ1) is 16.6. The molecule has 0 aliphatic carbocycles. The van der Waals surface area contributed by atoms with E-state index in [1.807, 2.05) is 0 Å². The molecule has 2 rings (SSSR count). The van der Waals surface area contributed by atoms with Crippen molar-refractivity contribution in [2.24, 2.45) is 0 Å². The maximum atomic E-state index is 11.8. The molecule has 118 valence electrons. The van der Waals surface area contributed by atoms with Crippen LogP contribution in [-0.4, -0.2) is 49.9 Å². The molecule has 2 heterocycles. The van der Waals surface area contributed by atoms with Crippen molar-refractivity contribution in [3.63, 3.8) is 0 Å². The predicted molar refractivity (Wildman–Crippen MR) is 71.9 cm³/mol. The van der Waals surface area contributed by atoms with Crippen LogP contribution in [0.1, 0.15) is 5.69 Å². The standard InChI is InChI=1S/C6H5ClN2O8S4/c1-18(10,11)20(14,15)5-4(7)3-2-19(12,13)21(16,17)6(8-3)9-5/h1-2H2,(H,10,11).